The summed E-state index contributed by atoms with van der Waals surface area (Å²) in [4.78, 5) is 2.42. The highest BCUT2D eigenvalue weighted by Gasteiger charge is 2.26. The molecular formula is C19H31NO2. The van der Waals surface area contributed by atoms with Gasteiger partial charge in [0, 0.05) is 18.6 Å². The second-order valence-corrected chi connectivity index (χ2v) is 7.01. The van der Waals surface area contributed by atoms with Crippen LogP contribution in [0.5, 0.6) is 5.75 Å². The summed E-state index contributed by atoms with van der Waals surface area (Å²) in [5.74, 6) is 1.37. The van der Waals surface area contributed by atoms with Gasteiger partial charge < -0.3 is 9.84 Å². The lowest BCUT2D eigenvalue weighted by atomic mass is 9.97. The molecule has 0 spiro atoms. The minimum absolute atomic E-state index is 0.358. The average molecular weight is 305 g/mol. The first-order valence-electron chi connectivity index (χ1n) is 8.64. The lowest BCUT2D eigenvalue weighted by Crippen LogP contribution is -2.48. The summed E-state index contributed by atoms with van der Waals surface area (Å²) in [5.41, 5.74) is 1.31. The van der Waals surface area contributed by atoms with E-state index < -0.39 is 6.10 Å². The first kappa shape index (κ1) is 17.3. The predicted molar refractivity (Wildman–Crippen MR) is 91.5 cm³/mol. The number of aliphatic hydroxyl groups excluding tert-OH is 1. The molecule has 2 rings (SSSR count). The van der Waals surface area contributed by atoms with Crippen LogP contribution in [0.15, 0.2) is 24.3 Å². The molecule has 0 radical (unpaired) electrons. The summed E-state index contributed by atoms with van der Waals surface area (Å²) in [5, 5.41) is 10.3. The standard InChI is InChI=1S/C19H31NO2/c1-14(2)17-8-10-19(11-9-17)22-13-18(21)12-20-15(3)6-5-7-16(20)4/h8-11,14-16,18,21H,5-7,12-13H2,1-4H3/t15-,16-,18+/m0/s1. The first-order chi connectivity index (χ1) is 10.5. The van der Waals surface area contributed by atoms with E-state index in [4.69, 9.17) is 4.74 Å². The van der Waals surface area contributed by atoms with Gasteiger partial charge in [-0.2, -0.15) is 0 Å². The number of likely N-dealkylation sites (tertiary alicyclic amines) is 1. The molecule has 0 bridgehead atoms. The highest BCUT2D eigenvalue weighted by atomic mass is 16.5. The Morgan fingerprint density at radius 1 is 1.14 bits per heavy atom. The third-order valence-corrected chi connectivity index (χ3v) is 4.79. The van der Waals surface area contributed by atoms with Gasteiger partial charge in [0.1, 0.15) is 18.5 Å². The van der Waals surface area contributed by atoms with Gasteiger partial charge in [-0.3, -0.25) is 4.90 Å². The lowest BCUT2D eigenvalue weighted by molar-refractivity contribution is 0.0209. The second kappa shape index (κ2) is 7.98. The van der Waals surface area contributed by atoms with Crippen molar-refractivity contribution < 1.29 is 9.84 Å². The molecule has 0 aromatic heterocycles. The van der Waals surface area contributed by atoms with E-state index >= 15 is 0 Å². The first-order valence-corrected chi connectivity index (χ1v) is 8.64. The molecule has 0 saturated carbocycles. The van der Waals surface area contributed by atoms with Crippen molar-refractivity contribution in [2.45, 2.75) is 71.1 Å². The molecule has 124 valence electrons. The van der Waals surface area contributed by atoms with E-state index in [0.717, 1.165) is 5.75 Å². The number of hydrogen-bond donors (Lipinski definition) is 1. The molecule has 1 saturated heterocycles. The zero-order chi connectivity index (χ0) is 16.1. The molecule has 22 heavy (non-hydrogen) atoms. The predicted octanol–water partition coefficient (Wildman–Crippen LogP) is 3.81. The summed E-state index contributed by atoms with van der Waals surface area (Å²) in [6.07, 6.45) is 3.32. The fourth-order valence-corrected chi connectivity index (χ4v) is 3.27. The normalized spacial score (nSPS) is 24.5. The van der Waals surface area contributed by atoms with Crippen molar-refractivity contribution in [1.29, 1.82) is 0 Å². The Morgan fingerprint density at radius 3 is 2.27 bits per heavy atom. The summed E-state index contributed by atoms with van der Waals surface area (Å²) in [6, 6.07) is 9.30. The lowest BCUT2D eigenvalue weighted by Gasteiger charge is -2.40. The summed E-state index contributed by atoms with van der Waals surface area (Å²) in [7, 11) is 0. The molecule has 0 aliphatic carbocycles. The highest BCUT2D eigenvalue weighted by molar-refractivity contribution is 5.28. The van der Waals surface area contributed by atoms with Crippen LogP contribution in [0.4, 0.5) is 0 Å². The molecular weight excluding hydrogens is 274 g/mol. The smallest absolute Gasteiger partial charge is 0.119 e. The van der Waals surface area contributed by atoms with Crippen molar-refractivity contribution in [3.05, 3.63) is 29.8 Å². The molecule has 3 heteroatoms. The molecule has 1 aliphatic heterocycles. The van der Waals surface area contributed by atoms with Gasteiger partial charge in [0.2, 0.25) is 0 Å². The van der Waals surface area contributed by atoms with E-state index in [-0.39, 0.29) is 0 Å². The number of benzene rings is 1. The van der Waals surface area contributed by atoms with E-state index in [1.165, 1.54) is 24.8 Å². The van der Waals surface area contributed by atoms with E-state index in [2.05, 4.69) is 44.7 Å². The monoisotopic (exact) mass is 305 g/mol. The summed E-state index contributed by atoms with van der Waals surface area (Å²) < 4.78 is 5.74. The van der Waals surface area contributed by atoms with Crippen LogP contribution in [-0.4, -0.2) is 41.3 Å². The third-order valence-electron chi connectivity index (χ3n) is 4.79. The maximum Gasteiger partial charge on any atom is 0.119 e. The van der Waals surface area contributed by atoms with Crippen molar-refractivity contribution in [2.75, 3.05) is 13.2 Å². The number of aliphatic hydroxyl groups is 1. The van der Waals surface area contributed by atoms with Gasteiger partial charge >= 0.3 is 0 Å². The van der Waals surface area contributed by atoms with Crippen LogP contribution < -0.4 is 4.74 Å². The van der Waals surface area contributed by atoms with E-state index in [1.54, 1.807) is 0 Å². The Bertz CT molecular complexity index is 433. The van der Waals surface area contributed by atoms with Gasteiger partial charge in [-0.25, -0.2) is 0 Å². The van der Waals surface area contributed by atoms with Gasteiger partial charge in [-0.1, -0.05) is 32.4 Å². The molecule has 1 heterocycles. The van der Waals surface area contributed by atoms with Crippen molar-refractivity contribution in [1.82, 2.24) is 4.90 Å². The number of piperidine rings is 1. The SMILES string of the molecule is CC(C)c1ccc(OC[C@H](O)CN2[C@@H](C)CCC[C@@H]2C)cc1. The Labute approximate surface area is 135 Å². The Balaban J connectivity index is 1.80. The van der Waals surface area contributed by atoms with Crippen molar-refractivity contribution >= 4 is 0 Å². The van der Waals surface area contributed by atoms with E-state index in [0.29, 0.717) is 31.2 Å². The zero-order valence-electron chi connectivity index (χ0n) is 14.5. The molecule has 0 amide bonds. The maximum absolute atomic E-state index is 10.3. The number of β-amino-alcohol motifs (C(OH)–C–C–N with tert-alkyl or cyclic N) is 1. The van der Waals surface area contributed by atoms with Crippen LogP contribution in [0, 0.1) is 0 Å². The van der Waals surface area contributed by atoms with Crippen LogP contribution in [-0.2, 0) is 0 Å². The molecule has 1 aromatic rings. The molecule has 0 unspecified atom stereocenters. The topological polar surface area (TPSA) is 32.7 Å². The second-order valence-electron chi connectivity index (χ2n) is 7.01. The molecule has 1 aliphatic rings. The van der Waals surface area contributed by atoms with E-state index in [1.807, 2.05) is 12.1 Å². The Hall–Kier alpha value is -1.06. The zero-order valence-corrected chi connectivity index (χ0v) is 14.5. The fraction of sp³-hybridized carbons (Fsp3) is 0.684. The van der Waals surface area contributed by atoms with Gasteiger partial charge in [0.25, 0.3) is 0 Å². The summed E-state index contributed by atoms with van der Waals surface area (Å²) in [6.45, 7) is 9.94. The molecule has 3 nitrogen and oxygen atoms in total. The minimum Gasteiger partial charge on any atom is -0.491 e. The fourth-order valence-electron chi connectivity index (χ4n) is 3.27. The molecule has 1 aromatic carbocycles. The van der Waals surface area contributed by atoms with Gasteiger partial charge in [-0.05, 0) is 50.3 Å². The van der Waals surface area contributed by atoms with Crippen LogP contribution >= 0.6 is 0 Å². The van der Waals surface area contributed by atoms with Crippen LogP contribution in [0.1, 0.15) is 58.4 Å². The van der Waals surface area contributed by atoms with E-state index in [9.17, 15) is 5.11 Å². The maximum atomic E-state index is 10.3. The molecule has 1 N–H and O–H groups in total. The number of hydrogen-bond acceptors (Lipinski definition) is 3. The quantitative estimate of drug-likeness (QED) is 0.867. The molecule has 1 fully saturated rings. The van der Waals surface area contributed by atoms with Crippen molar-refractivity contribution in [2.24, 2.45) is 0 Å². The third kappa shape index (κ3) is 4.72. The van der Waals surface area contributed by atoms with Gasteiger partial charge in [0.15, 0.2) is 0 Å². The van der Waals surface area contributed by atoms with Gasteiger partial charge in [0.05, 0.1) is 0 Å². The molecule has 3 atom stereocenters. The minimum atomic E-state index is -0.437. The van der Waals surface area contributed by atoms with Crippen LogP contribution in [0.25, 0.3) is 0 Å². The largest absolute Gasteiger partial charge is 0.491 e. The number of rotatable bonds is 6. The van der Waals surface area contributed by atoms with Crippen LogP contribution in [0.3, 0.4) is 0 Å². The highest BCUT2D eigenvalue weighted by Crippen LogP contribution is 2.23. The Kier molecular flexibility index (Phi) is 6.27. The van der Waals surface area contributed by atoms with Gasteiger partial charge in [-0.15, -0.1) is 0 Å². The number of ether oxygens (including phenoxy) is 1. The average Bonchev–Trinajstić information content (AvgIpc) is 2.49. The summed E-state index contributed by atoms with van der Waals surface area (Å²) >= 11 is 0. The van der Waals surface area contributed by atoms with Crippen molar-refractivity contribution in [3.8, 4) is 5.75 Å². The Morgan fingerprint density at radius 2 is 1.73 bits per heavy atom. The van der Waals surface area contributed by atoms with Crippen molar-refractivity contribution in [3.63, 3.8) is 0 Å². The van der Waals surface area contributed by atoms with Crippen LogP contribution in [0.2, 0.25) is 0 Å². The number of nitrogens with zero attached hydrogens (tertiary/aromatic N) is 1.